The van der Waals surface area contributed by atoms with Crippen LogP contribution in [-0.4, -0.2) is 49.1 Å². The molecule has 4 rings (SSSR count). The van der Waals surface area contributed by atoms with E-state index in [0.29, 0.717) is 31.2 Å². The lowest BCUT2D eigenvalue weighted by molar-refractivity contribution is 0.383. The van der Waals surface area contributed by atoms with Crippen LogP contribution in [0, 0.1) is 13.8 Å². The lowest BCUT2D eigenvalue weighted by Gasteiger charge is -2.34. The molecule has 1 saturated heterocycles. The summed E-state index contributed by atoms with van der Waals surface area (Å²) in [6.07, 6.45) is 0. The fourth-order valence-corrected chi connectivity index (χ4v) is 5.20. The summed E-state index contributed by atoms with van der Waals surface area (Å²) in [6.45, 7) is 6.04. The molecule has 0 bridgehead atoms. The van der Waals surface area contributed by atoms with E-state index >= 15 is 0 Å². The van der Waals surface area contributed by atoms with Crippen LogP contribution in [0.25, 0.3) is 11.3 Å². The fourth-order valence-electron chi connectivity index (χ4n) is 3.65. The van der Waals surface area contributed by atoms with Crippen LogP contribution >= 0.6 is 11.6 Å². The maximum Gasteiger partial charge on any atom is 0.243 e. The van der Waals surface area contributed by atoms with Crippen LogP contribution in [0.5, 0.6) is 0 Å². The van der Waals surface area contributed by atoms with E-state index in [1.165, 1.54) is 9.87 Å². The Labute approximate surface area is 182 Å². The molecule has 2 heterocycles. The SMILES string of the molecule is Cc1ccc(-c2ccc(N3CCN(S(=O)(=O)c4ccc(Cl)cc4)CC3)nn2)c(C)c1. The van der Waals surface area contributed by atoms with Crippen LogP contribution in [0.3, 0.4) is 0 Å². The molecule has 2 aromatic carbocycles. The maximum atomic E-state index is 12.8. The smallest absolute Gasteiger partial charge is 0.243 e. The molecule has 30 heavy (non-hydrogen) atoms. The molecule has 1 aliphatic rings. The van der Waals surface area contributed by atoms with Crippen LogP contribution in [-0.2, 0) is 10.0 Å². The summed E-state index contributed by atoms with van der Waals surface area (Å²) in [7, 11) is -3.52. The van der Waals surface area contributed by atoms with E-state index in [2.05, 4.69) is 47.1 Å². The minimum absolute atomic E-state index is 0.262. The second-order valence-electron chi connectivity index (χ2n) is 7.44. The minimum atomic E-state index is -3.52. The van der Waals surface area contributed by atoms with E-state index in [4.69, 9.17) is 11.6 Å². The molecule has 0 saturated carbocycles. The largest absolute Gasteiger partial charge is 0.352 e. The number of benzene rings is 2. The van der Waals surface area contributed by atoms with Gasteiger partial charge in [-0.15, -0.1) is 10.2 Å². The Kier molecular flexibility index (Phi) is 5.77. The topological polar surface area (TPSA) is 66.4 Å². The standard InChI is InChI=1S/C22H23ClN4O2S/c1-16-3-8-20(17(2)15-16)21-9-10-22(25-24-21)26-11-13-27(14-12-26)30(28,29)19-6-4-18(23)5-7-19/h3-10,15H,11-14H2,1-2H3. The summed E-state index contributed by atoms with van der Waals surface area (Å²) in [5.41, 5.74) is 4.28. The van der Waals surface area contributed by atoms with E-state index in [9.17, 15) is 8.42 Å². The molecule has 0 atom stereocenters. The van der Waals surface area contributed by atoms with Gasteiger partial charge in [0, 0.05) is 36.8 Å². The molecule has 8 heteroatoms. The number of rotatable bonds is 4. The normalized spacial score (nSPS) is 15.4. The number of hydrogen-bond acceptors (Lipinski definition) is 5. The Morgan fingerprint density at radius 2 is 1.57 bits per heavy atom. The molecule has 1 aliphatic heterocycles. The summed E-state index contributed by atoms with van der Waals surface area (Å²) in [5, 5.41) is 9.31. The molecule has 156 valence electrons. The molecule has 0 unspecified atom stereocenters. The van der Waals surface area contributed by atoms with Crippen molar-refractivity contribution in [1.82, 2.24) is 14.5 Å². The highest BCUT2D eigenvalue weighted by molar-refractivity contribution is 7.89. The highest BCUT2D eigenvalue weighted by Gasteiger charge is 2.29. The Bertz CT molecular complexity index is 1140. The van der Waals surface area contributed by atoms with Gasteiger partial charge in [-0.25, -0.2) is 8.42 Å². The molecule has 0 spiro atoms. The third-order valence-electron chi connectivity index (χ3n) is 5.32. The summed E-state index contributed by atoms with van der Waals surface area (Å²) >= 11 is 5.87. The van der Waals surface area contributed by atoms with Crippen molar-refractivity contribution in [2.45, 2.75) is 18.7 Å². The maximum absolute atomic E-state index is 12.8. The second-order valence-corrected chi connectivity index (χ2v) is 9.81. The molecule has 0 N–H and O–H groups in total. The molecule has 1 aromatic heterocycles. The van der Waals surface area contributed by atoms with Crippen LogP contribution in [0.1, 0.15) is 11.1 Å². The molecular weight excluding hydrogens is 420 g/mol. The number of piperazine rings is 1. The number of nitrogens with zero attached hydrogens (tertiary/aromatic N) is 4. The summed E-state index contributed by atoms with van der Waals surface area (Å²) in [5.74, 6) is 0.757. The van der Waals surface area contributed by atoms with Gasteiger partial charge in [-0.05, 0) is 55.8 Å². The summed E-state index contributed by atoms with van der Waals surface area (Å²) in [6, 6.07) is 16.5. The first-order valence-corrected chi connectivity index (χ1v) is 11.6. The fraction of sp³-hybridized carbons (Fsp3) is 0.273. The third-order valence-corrected chi connectivity index (χ3v) is 7.49. The van der Waals surface area contributed by atoms with Crippen molar-refractivity contribution in [3.8, 4) is 11.3 Å². The number of aromatic nitrogens is 2. The monoisotopic (exact) mass is 442 g/mol. The van der Waals surface area contributed by atoms with E-state index in [1.54, 1.807) is 24.3 Å². The zero-order chi connectivity index (χ0) is 21.3. The Morgan fingerprint density at radius 1 is 0.867 bits per heavy atom. The van der Waals surface area contributed by atoms with E-state index < -0.39 is 10.0 Å². The van der Waals surface area contributed by atoms with Gasteiger partial charge < -0.3 is 4.90 Å². The molecule has 0 radical (unpaired) electrons. The van der Waals surface area contributed by atoms with Crippen molar-refractivity contribution in [1.29, 1.82) is 0 Å². The highest BCUT2D eigenvalue weighted by atomic mass is 35.5. The second kappa shape index (κ2) is 8.34. The molecular formula is C22H23ClN4O2S. The predicted molar refractivity (Wildman–Crippen MR) is 119 cm³/mol. The van der Waals surface area contributed by atoms with Gasteiger partial charge in [0.1, 0.15) is 0 Å². The van der Waals surface area contributed by atoms with Gasteiger partial charge in [-0.3, -0.25) is 0 Å². The van der Waals surface area contributed by atoms with Gasteiger partial charge in [0.2, 0.25) is 10.0 Å². The van der Waals surface area contributed by atoms with Crippen molar-refractivity contribution in [3.63, 3.8) is 0 Å². The molecule has 3 aromatic rings. The van der Waals surface area contributed by atoms with E-state index in [-0.39, 0.29) is 4.90 Å². The Balaban J connectivity index is 1.44. The van der Waals surface area contributed by atoms with Gasteiger partial charge in [0.25, 0.3) is 0 Å². The average Bonchev–Trinajstić information content (AvgIpc) is 2.74. The zero-order valence-electron chi connectivity index (χ0n) is 16.9. The van der Waals surface area contributed by atoms with Crippen molar-refractivity contribution in [2.75, 3.05) is 31.1 Å². The van der Waals surface area contributed by atoms with E-state index in [0.717, 1.165) is 22.6 Å². The van der Waals surface area contributed by atoms with Gasteiger partial charge in [-0.1, -0.05) is 35.4 Å². The Morgan fingerprint density at radius 3 is 2.17 bits per heavy atom. The third kappa shape index (κ3) is 4.19. The van der Waals surface area contributed by atoms with Crippen LogP contribution in [0.2, 0.25) is 5.02 Å². The molecule has 1 fully saturated rings. The number of aryl methyl sites for hydroxylation is 2. The first kappa shape index (κ1) is 20.8. The van der Waals surface area contributed by atoms with Crippen molar-refractivity contribution in [3.05, 3.63) is 70.7 Å². The molecule has 6 nitrogen and oxygen atoms in total. The van der Waals surface area contributed by atoms with Gasteiger partial charge in [0.05, 0.1) is 10.6 Å². The molecule has 0 aliphatic carbocycles. The van der Waals surface area contributed by atoms with Gasteiger partial charge >= 0.3 is 0 Å². The van der Waals surface area contributed by atoms with Crippen LogP contribution in [0.4, 0.5) is 5.82 Å². The molecule has 0 amide bonds. The number of halogens is 1. The number of anilines is 1. The minimum Gasteiger partial charge on any atom is -0.352 e. The number of hydrogen-bond donors (Lipinski definition) is 0. The quantitative estimate of drug-likeness (QED) is 0.612. The average molecular weight is 443 g/mol. The lowest BCUT2D eigenvalue weighted by Crippen LogP contribution is -2.48. The predicted octanol–water partition coefficient (Wildman–Crippen LogP) is 3.92. The van der Waals surface area contributed by atoms with Crippen LogP contribution in [0.15, 0.2) is 59.5 Å². The highest BCUT2D eigenvalue weighted by Crippen LogP contribution is 2.25. The number of sulfonamides is 1. The van der Waals surface area contributed by atoms with Crippen molar-refractivity contribution in [2.24, 2.45) is 0 Å². The summed E-state index contributed by atoms with van der Waals surface area (Å²) < 4.78 is 27.2. The zero-order valence-corrected chi connectivity index (χ0v) is 18.5. The van der Waals surface area contributed by atoms with Crippen molar-refractivity contribution >= 4 is 27.4 Å². The van der Waals surface area contributed by atoms with E-state index in [1.807, 2.05) is 12.1 Å². The lowest BCUT2D eigenvalue weighted by atomic mass is 10.0. The van der Waals surface area contributed by atoms with Crippen molar-refractivity contribution < 1.29 is 8.42 Å². The summed E-state index contributed by atoms with van der Waals surface area (Å²) in [4.78, 5) is 2.32. The van der Waals surface area contributed by atoms with Crippen LogP contribution < -0.4 is 4.90 Å². The van der Waals surface area contributed by atoms with Gasteiger partial charge in [0.15, 0.2) is 5.82 Å². The van der Waals surface area contributed by atoms with Gasteiger partial charge in [-0.2, -0.15) is 4.31 Å². The first-order valence-electron chi connectivity index (χ1n) is 9.76. The first-order chi connectivity index (χ1) is 14.3. The Hall–Kier alpha value is -2.48.